The second-order valence-electron chi connectivity index (χ2n) is 21.6. The zero-order valence-corrected chi connectivity index (χ0v) is 50.3. The lowest BCUT2D eigenvalue weighted by Gasteiger charge is -2.18. The van der Waals surface area contributed by atoms with Crippen molar-refractivity contribution in [2.24, 2.45) is 0 Å². The van der Waals surface area contributed by atoms with Gasteiger partial charge in [0.05, 0.1) is 0 Å². The molecule has 1 unspecified atom stereocenters. The van der Waals surface area contributed by atoms with E-state index in [-0.39, 0.29) is 31.1 Å². The summed E-state index contributed by atoms with van der Waals surface area (Å²) in [5.41, 5.74) is 0. The average Bonchev–Trinajstić information content (AvgIpc) is 3.42. The molecule has 0 aliphatic heterocycles. The van der Waals surface area contributed by atoms with E-state index in [2.05, 4.69) is 106 Å². The van der Waals surface area contributed by atoms with Crippen molar-refractivity contribution in [3.05, 3.63) is 85.1 Å². The van der Waals surface area contributed by atoms with E-state index in [4.69, 9.17) is 14.2 Å². The maximum absolute atomic E-state index is 12.8. The summed E-state index contributed by atoms with van der Waals surface area (Å²) < 4.78 is 16.9. The van der Waals surface area contributed by atoms with E-state index < -0.39 is 6.10 Å². The van der Waals surface area contributed by atoms with Crippen molar-refractivity contribution in [2.45, 2.75) is 329 Å². The summed E-state index contributed by atoms with van der Waals surface area (Å²) in [6.45, 7) is 6.52. The fourth-order valence-corrected chi connectivity index (χ4v) is 9.27. The third-order valence-corrected chi connectivity index (χ3v) is 14.1. The quantitative estimate of drug-likeness (QED) is 0.0261. The second kappa shape index (κ2) is 64.1. The molecule has 0 rings (SSSR count). The molecule has 0 aromatic heterocycles. The zero-order chi connectivity index (χ0) is 55.0. The summed E-state index contributed by atoms with van der Waals surface area (Å²) in [6, 6.07) is 0. The average molecular weight is 1060 g/mol. The summed E-state index contributed by atoms with van der Waals surface area (Å²) in [5, 5.41) is 0. The molecule has 6 nitrogen and oxygen atoms in total. The maximum Gasteiger partial charge on any atom is 0.306 e. The molecule has 0 aromatic rings. The first kappa shape index (κ1) is 72.6. The van der Waals surface area contributed by atoms with E-state index in [1.807, 2.05) is 0 Å². The van der Waals surface area contributed by atoms with Crippen LogP contribution in [0.15, 0.2) is 85.1 Å². The molecule has 0 N–H and O–H groups in total. The minimum atomic E-state index is -0.776. The maximum atomic E-state index is 12.8. The van der Waals surface area contributed by atoms with Crippen LogP contribution in [0, 0.1) is 0 Å². The molecule has 0 saturated carbocycles. The van der Waals surface area contributed by atoms with Gasteiger partial charge in [0.25, 0.3) is 0 Å². The van der Waals surface area contributed by atoms with E-state index in [1.54, 1.807) is 0 Å². The summed E-state index contributed by atoms with van der Waals surface area (Å²) in [5.74, 6) is -0.872. The van der Waals surface area contributed by atoms with E-state index in [9.17, 15) is 14.4 Å². The van der Waals surface area contributed by atoms with Crippen LogP contribution in [0.2, 0.25) is 0 Å². The van der Waals surface area contributed by atoms with E-state index in [1.165, 1.54) is 173 Å². The van der Waals surface area contributed by atoms with Crippen LogP contribution in [0.25, 0.3) is 0 Å². The van der Waals surface area contributed by atoms with Crippen molar-refractivity contribution in [1.29, 1.82) is 0 Å². The second-order valence-corrected chi connectivity index (χ2v) is 21.6. The first-order valence-corrected chi connectivity index (χ1v) is 32.6. The minimum absolute atomic E-state index is 0.0744. The van der Waals surface area contributed by atoms with Crippen molar-refractivity contribution in [1.82, 2.24) is 0 Å². The normalized spacial score (nSPS) is 12.6. The van der Waals surface area contributed by atoms with Crippen LogP contribution in [0.4, 0.5) is 0 Å². The largest absolute Gasteiger partial charge is 0.462 e. The van der Waals surface area contributed by atoms with Gasteiger partial charge < -0.3 is 14.2 Å². The van der Waals surface area contributed by atoms with Gasteiger partial charge in [0.15, 0.2) is 6.10 Å². The number of rotatable bonds is 59. The molecule has 0 aromatic carbocycles. The highest BCUT2D eigenvalue weighted by atomic mass is 16.6. The van der Waals surface area contributed by atoms with Gasteiger partial charge in [0.2, 0.25) is 0 Å². The van der Waals surface area contributed by atoms with Gasteiger partial charge in [0, 0.05) is 19.3 Å². The highest BCUT2D eigenvalue weighted by Gasteiger charge is 2.19. The van der Waals surface area contributed by atoms with Gasteiger partial charge in [-0.25, -0.2) is 0 Å². The lowest BCUT2D eigenvalue weighted by Crippen LogP contribution is -2.30. The number of ether oxygens (including phenoxy) is 3. The number of carbonyl (C=O) groups is 3. The lowest BCUT2D eigenvalue weighted by molar-refractivity contribution is -0.167. The fourth-order valence-electron chi connectivity index (χ4n) is 9.27. The summed E-state index contributed by atoms with van der Waals surface area (Å²) >= 11 is 0. The number of allylic oxidation sites excluding steroid dienone is 14. The van der Waals surface area contributed by atoms with Gasteiger partial charge in [-0.1, -0.05) is 292 Å². The van der Waals surface area contributed by atoms with Crippen molar-refractivity contribution < 1.29 is 28.6 Å². The Hall–Kier alpha value is -3.41. The lowest BCUT2D eigenvalue weighted by atomic mass is 10.0. The molecule has 76 heavy (non-hydrogen) atoms. The Kier molecular flexibility index (Phi) is 61.2. The zero-order valence-electron chi connectivity index (χ0n) is 50.3. The van der Waals surface area contributed by atoms with Crippen LogP contribution in [0.1, 0.15) is 323 Å². The monoisotopic (exact) mass is 1060 g/mol. The Morgan fingerprint density at radius 3 is 0.829 bits per heavy atom. The van der Waals surface area contributed by atoms with Crippen LogP contribution in [-0.2, 0) is 28.6 Å². The van der Waals surface area contributed by atoms with Crippen molar-refractivity contribution >= 4 is 17.9 Å². The Morgan fingerprint density at radius 2 is 0.513 bits per heavy atom. The van der Waals surface area contributed by atoms with Gasteiger partial charge >= 0.3 is 17.9 Å². The van der Waals surface area contributed by atoms with E-state index in [0.29, 0.717) is 19.3 Å². The Labute approximate surface area is 471 Å². The highest BCUT2D eigenvalue weighted by molar-refractivity contribution is 5.71. The predicted octanol–water partition coefficient (Wildman–Crippen LogP) is 22.3. The first-order chi connectivity index (χ1) is 37.5. The topological polar surface area (TPSA) is 78.9 Å². The van der Waals surface area contributed by atoms with Crippen molar-refractivity contribution in [3.63, 3.8) is 0 Å². The SMILES string of the molecule is CC/C=C\C/C=C\C/C=C\C/C=C\C/C=C\C/C=C\CCCCCCCCCCCCCCCCCCC(=O)OCC(COC(=O)CCCCCCCCCCCC)OC(=O)CCCCCCC/C=C\CCCCCC. The highest BCUT2D eigenvalue weighted by Crippen LogP contribution is 2.17. The van der Waals surface area contributed by atoms with Crippen LogP contribution < -0.4 is 0 Å². The molecule has 0 fully saturated rings. The molecule has 0 radical (unpaired) electrons. The van der Waals surface area contributed by atoms with Crippen LogP contribution in [0.5, 0.6) is 0 Å². The number of unbranched alkanes of at least 4 members (excludes halogenated alkanes) is 34. The van der Waals surface area contributed by atoms with Gasteiger partial charge in [-0.15, -0.1) is 0 Å². The molecule has 0 amide bonds. The molecule has 0 aliphatic rings. The van der Waals surface area contributed by atoms with Gasteiger partial charge in [0.1, 0.15) is 13.2 Å². The van der Waals surface area contributed by atoms with E-state index >= 15 is 0 Å². The third-order valence-electron chi connectivity index (χ3n) is 14.1. The van der Waals surface area contributed by atoms with Gasteiger partial charge in [-0.2, -0.15) is 0 Å². The first-order valence-electron chi connectivity index (χ1n) is 32.6. The smallest absolute Gasteiger partial charge is 0.306 e. The van der Waals surface area contributed by atoms with E-state index in [0.717, 1.165) is 109 Å². The molecule has 0 saturated heterocycles. The van der Waals surface area contributed by atoms with Crippen LogP contribution in [0.3, 0.4) is 0 Å². The molecule has 438 valence electrons. The minimum Gasteiger partial charge on any atom is -0.462 e. The van der Waals surface area contributed by atoms with Crippen molar-refractivity contribution in [3.8, 4) is 0 Å². The van der Waals surface area contributed by atoms with Crippen LogP contribution >= 0.6 is 0 Å². The number of hydrogen-bond donors (Lipinski definition) is 0. The molecule has 0 aliphatic carbocycles. The Morgan fingerprint density at radius 1 is 0.276 bits per heavy atom. The molecule has 0 heterocycles. The summed E-state index contributed by atoms with van der Waals surface area (Å²) in [7, 11) is 0. The third kappa shape index (κ3) is 61.4. The molecule has 0 bridgehead atoms. The number of hydrogen-bond acceptors (Lipinski definition) is 6. The fraction of sp³-hybridized carbons (Fsp3) is 0.757. The molecule has 1 atom stereocenters. The molecular weight excluding hydrogens is 937 g/mol. The van der Waals surface area contributed by atoms with Crippen molar-refractivity contribution in [2.75, 3.05) is 13.2 Å². The van der Waals surface area contributed by atoms with Gasteiger partial charge in [-0.05, 0) is 96.3 Å². The molecule has 0 spiro atoms. The van der Waals surface area contributed by atoms with Crippen LogP contribution in [-0.4, -0.2) is 37.2 Å². The predicted molar refractivity (Wildman–Crippen MR) is 330 cm³/mol. The Bertz CT molecular complexity index is 1450. The molecular formula is C70H122O6. The standard InChI is InChI=1S/C70H122O6/c1-4-7-10-13-16-19-22-24-25-26-27-28-29-30-31-32-33-34-35-36-37-38-39-40-41-42-43-44-45-47-48-51-54-57-60-63-69(72)75-66-67(65-74-68(71)62-59-56-53-50-21-18-15-12-9-6-3)76-70(73)64-61-58-55-52-49-46-23-20-17-14-11-8-5-2/h7,10,16,19-20,23-25,27-28,30-31,33-34,67H,4-6,8-9,11-15,17-18,21-22,26,29,32,35-66H2,1-3H3/b10-7-,19-16-,23-20-,25-24-,28-27-,31-30-,34-33-. The van der Waals surface area contributed by atoms with Gasteiger partial charge in [-0.3, -0.25) is 14.4 Å². The molecule has 6 heteroatoms. The number of esters is 3. The number of carbonyl (C=O) groups excluding carboxylic acids is 3. The summed E-state index contributed by atoms with van der Waals surface area (Å²) in [6.07, 6.45) is 84.7. The summed E-state index contributed by atoms with van der Waals surface area (Å²) in [4.78, 5) is 38.1. The Balaban J connectivity index is 4.05.